The van der Waals surface area contributed by atoms with Crippen molar-refractivity contribution in [2.75, 3.05) is 11.9 Å². The van der Waals surface area contributed by atoms with E-state index < -0.39 is 11.8 Å². The molecule has 1 N–H and O–H groups in total. The maximum atomic E-state index is 12.7. The summed E-state index contributed by atoms with van der Waals surface area (Å²) in [7, 11) is 0. The van der Waals surface area contributed by atoms with E-state index in [0.29, 0.717) is 5.69 Å². The first kappa shape index (κ1) is 17.5. The van der Waals surface area contributed by atoms with Gasteiger partial charge in [0.15, 0.2) is 11.3 Å². The Morgan fingerprint density at radius 1 is 1.15 bits per heavy atom. The van der Waals surface area contributed by atoms with Crippen molar-refractivity contribution in [3.63, 3.8) is 0 Å². The van der Waals surface area contributed by atoms with Crippen molar-refractivity contribution in [3.8, 4) is 0 Å². The number of anilines is 1. The van der Waals surface area contributed by atoms with Crippen molar-refractivity contribution in [2.24, 2.45) is 0 Å². The van der Waals surface area contributed by atoms with E-state index in [4.69, 9.17) is 9.47 Å². The van der Waals surface area contributed by atoms with Crippen LogP contribution in [-0.4, -0.2) is 18.4 Å². The van der Waals surface area contributed by atoms with Gasteiger partial charge in [-0.2, -0.15) is 0 Å². The summed E-state index contributed by atoms with van der Waals surface area (Å²) < 4.78 is 10.7. The minimum Gasteiger partial charge on any atom is -0.462 e. The second-order valence-corrected chi connectivity index (χ2v) is 5.77. The highest BCUT2D eigenvalue weighted by Crippen LogP contribution is 2.28. The first-order valence-electron chi connectivity index (χ1n) is 8.33. The van der Waals surface area contributed by atoms with Crippen molar-refractivity contribution in [2.45, 2.75) is 13.8 Å². The molecule has 26 heavy (non-hydrogen) atoms. The highest BCUT2D eigenvalue weighted by Gasteiger charge is 2.36. The highest BCUT2D eigenvalue weighted by atomic mass is 16.5. The molecule has 5 heteroatoms. The lowest BCUT2D eigenvalue weighted by Crippen LogP contribution is -2.16. The standard InChI is InChI=1S/C21H19NO4/c1-3-25-21(24)18-19(23)17(13-15-9-7-8-14(2)12-15)26-20(18)22-16-10-5-4-6-11-16/h4-13,22H,3H2,1-2H3/b17-13-. The number of Topliss-reactive ketones (excluding diaryl/α,β-unsaturated/α-hetero) is 1. The molecule has 132 valence electrons. The number of nitrogens with one attached hydrogen (secondary N) is 1. The molecular formula is C21H19NO4. The molecule has 0 radical (unpaired) electrons. The van der Waals surface area contributed by atoms with Crippen LogP contribution in [0.5, 0.6) is 0 Å². The predicted octanol–water partition coefficient (Wildman–Crippen LogP) is 3.82. The van der Waals surface area contributed by atoms with Gasteiger partial charge in [0.05, 0.1) is 6.61 Å². The molecule has 0 atom stereocenters. The summed E-state index contributed by atoms with van der Waals surface area (Å²) in [4.78, 5) is 25.0. The predicted molar refractivity (Wildman–Crippen MR) is 99.0 cm³/mol. The zero-order valence-electron chi connectivity index (χ0n) is 14.6. The number of benzene rings is 2. The SMILES string of the molecule is CCOC(=O)C1=C(Nc2ccccc2)O/C(=C\c2cccc(C)c2)C1=O. The fraction of sp³-hybridized carbons (Fsp3) is 0.143. The van der Waals surface area contributed by atoms with Crippen molar-refractivity contribution in [1.29, 1.82) is 0 Å². The second kappa shape index (κ2) is 7.70. The third-order valence-corrected chi connectivity index (χ3v) is 3.74. The summed E-state index contributed by atoms with van der Waals surface area (Å²) in [5.74, 6) is -1.04. The van der Waals surface area contributed by atoms with Gasteiger partial charge >= 0.3 is 5.97 Å². The summed E-state index contributed by atoms with van der Waals surface area (Å²) in [6.45, 7) is 3.82. The number of hydrogen-bond donors (Lipinski definition) is 1. The summed E-state index contributed by atoms with van der Waals surface area (Å²) in [5, 5.41) is 2.98. The monoisotopic (exact) mass is 349 g/mol. The maximum absolute atomic E-state index is 12.7. The van der Waals surface area contributed by atoms with Crippen LogP contribution in [0.15, 0.2) is 71.8 Å². The molecule has 0 saturated carbocycles. The van der Waals surface area contributed by atoms with E-state index in [0.717, 1.165) is 11.1 Å². The number of ether oxygens (including phenoxy) is 2. The number of allylic oxidation sites excluding steroid dienone is 1. The van der Waals surface area contributed by atoms with Gasteiger partial charge in [-0.05, 0) is 37.6 Å². The smallest absolute Gasteiger partial charge is 0.347 e. The molecule has 0 saturated heterocycles. The minimum absolute atomic E-state index is 0.0806. The van der Waals surface area contributed by atoms with E-state index in [2.05, 4.69) is 5.32 Å². The van der Waals surface area contributed by atoms with Crippen LogP contribution >= 0.6 is 0 Å². The molecule has 1 aliphatic rings. The summed E-state index contributed by atoms with van der Waals surface area (Å²) in [6.07, 6.45) is 1.62. The number of carbonyl (C=O) groups is 2. The molecule has 0 aliphatic carbocycles. The Morgan fingerprint density at radius 2 is 1.92 bits per heavy atom. The van der Waals surface area contributed by atoms with Gasteiger partial charge in [0.25, 0.3) is 0 Å². The second-order valence-electron chi connectivity index (χ2n) is 5.77. The third-order valence-electron chi connectivity index (χ3n) is 3.74. The summed E-state index contributed by atoms with van der Waals surface area (Å²) in [6, 6.07) is 16.8. The molecule has 0 unspecified atom stereocenters. The van der Waals surface area contributed by atoms with Crippen LogP contribution < -0.4 is 5.32 Å². The number of esters is 1. The van der Waals surface area contributed by atoms with Crippen LogP contribution in [0, 0.1) is 6.92 Å². The zero-order valence-corrected chi connectivity index (χ0v) is 14.6. The molecule has 5 nitrogen and oxygen atoms in total. The Balaban J connectivity index is 1.94. The van der Waals surface area contributed by atoms with Crippen molar-refractivity contribution >= 4 is 23.5 Å². The van der Waals surface area contributed by atoms with Crippen molar-refractivity contribution in [1.82, 2.24) is 0 Å². The van der Waals surface area contributed by atoms with Gasteiger partial charge in [-0.15, -0.1) is 0 Å². The lowest BCUT2D eigenvalue weighted by molar-refractivity contribution is -0.139. The lowest BCUT2D eigenvalue weighted by Gasteiger charge is -2.08. The summed E-state index contributed by atoms with van der Waals surface area (Å²) in [5.41, 5.74) is 2.45. The molecule has 0 amide bonds. The van der Waals surface area contributed by atoms with Crippen molar-refractivity contribution < 1.29 is 19.1 Å². The molecule has 2 aromatic carbocycles. The van der Waals surface area contributed by atoms with Crippen LogP contribution in [0.4, 0.5) is 5.69 Å². The summed E-state index contributed by atoms with van der Waals surface area (Å²) >= 11 is 0. The van der Waals surface area contributed by atoms with Gasteiger partial charge in [-0.1, -0.05) is 48.0 Å². The molecule has 0 spiro atoms. The van der Waals surface area contributed by atoms with E-state index in [1.807, 2.05) is 61.5 Å². The Hall–Kier alpha value is -3.34. The van der Waals surface area contributed by atoms with Crippen LogP contribution in [0.3, 0.4) is 0 Å². The molecular weight excluding hydrogens is 330 g/mol. The number of aryl methyl sites for hydroxylation is 1. The van der Waals surface area contributed by atoms with E-state index in [1.165, 1.54) is 0 Å². The average molecular weight is 349 g/mol. The van der Waals surface area contributed by atoms with Gasteiger partial charge in [-0.3, -0.25) is 4.79 Å². The third kappa shape index (κ3) is 3.83. The highest BCUT2D eigenvalue weighted by molar-refractivity contribution is 6.26. The van der Waals surface area contributed by atoms with E-state index in [1.54, 1.807) is 13.0 Å². The number of rotatable bonds is 5. The van der Waals surface area contributed by atoms with Gasteiger partial charge < -0.3 is 14.8 Å². The van der Waals surface area contributed by atoms with E-state index in [-0.39, 0.29) is 23.8 Å². The van der Waals surface area contributed by atoms with E-state index >= 15 is 0 Å². The maximum Gasteiger partial charge on any atom is 0.347 e. The lowest BCUT2D eigenvalue weighted by atomic mass is 10.1. The molecule has 1 aliphatic heterocycles. The van der Waals surface area contributed by atoms with Gasteiger partial charge in [0, 0.05) is 5.69 Å². The number of carbonyl (C=O) groups excluding carboxylic acids is 2. The van der Waals surface area contributed by atoms with Gasteiger partial charge in [0.2, 0.25) is 11.7 Å². The molecule has 2 aromatic rings. The first-order valence-corrected chi connectivity index (χ1v) is 8.33. The largest absolute Gasteiger partial charge is 0.462 e. The van der Waals surface area contributed by atoms with E-state index in [9.17, 15) is 9.59 Å². The quantitative estimate of drug-likeness (QED) is 0.505. The molecule has 1 heterocycles. The number of para-hydroxylation sites is 1. The van der Waals surface area contributed by atoms with Gasteiger partial charge in [-0.25, -0.2) is 4.79 Å². The molecule has 3 rings (SSSR count). The number of ketones is 1. The first-order chi connectivity index (χ1) is 12.6. The Bertz CT molecular complexity index is 897. The van der Waals surface area contributed by atoms with Gasteiger partial charge in [0.1, 0.15) is 0 Å². The molecule has 0 fully saturated rings. The minimum atomic E-state index is -0.705. The van der Waals surface area contributed by atoms with Crippen LogP contribution in [0.25, 0.3) is 6.08 Å². The fourth-order valence-electron chi connectivity index (χ4n) is 2.57. The van der Waals surface area contributed by atoms with Crippen molar-refractivity contribution in [3.05, 3.63) is 82.9 Å². The fourth-order valence-corrected chi connectivity index (χ4v) is 2.57. The average Bonchev–Trinajstić information content (AvgIpc) is 2.91. The Kier molecular flexibility index (Phi) is 5.17. The molecule has 0 bridgehead atoms. The number of hydrogen-bond acceptors (Lipinski definition) is 5. The van der Waals surface area contributed by atoms with Crippen LogP contribution in [0.2, 0.25) is 0 Å². The topological polar surface area (TPSA) is 64.6 Å². The van der Waals surface area contributed by atoms with Crippen LogP contribution in [0.1, 0.15) is 18.1 Å². The molecule has 0 aromatic heterocycles. The Morgan fingerprint density at radius 3 is 2.62 bits per heavy atom. The zero-order chi connectivity index (χ0) is 18.5. The van der Waals surface area contributed by atoms with Crippen LogP contribution in [-0.2, 0) is 19.1 Å². The Labute approximate surface area is 151 Å². The normalized spacial score (nSPS) is 15.2.